The number of rotatable bonds is 8. The lowest BCUT2D eigenvalue weighted by molar-refractivity contribution is 0.0957. The minimum Gasteiger partial charge on any atom is -0.497 e. The van der Waals surface area contributed by atoms with Crippen LogP contribution in [0.3, 0.4) is 0 Å². The molecular formula is C23H22N2O3S. The van der Waals surface area contributed by atoms with E-state index in [2.05, 4.69) is 10.6 Å². The average Bonchev–Trinajstić information content (AvgIpc) is 2.77. The molecule has 29 heavy (non-hydrogen) atoms. The molecule has 0 aliphatic rings. The number of hydrogen-bond donors (Lipinski definition) is 2. The smallest absolute Gasteiger partial charge is 0.255 e. The van der Waals surface area contributed by atoms with Crippen LogP contribution in [0.25, 0.3) is 0 Å². The standard InChI is InChI=1S/C23H22N2O3S/c1-28-18-13-11-17(12-14-18)22(26)25-21-10-6-5-9-20(21)23(27)24-15-16-29-19-7-3-2-4-8-19/h2-14H,15-16H2,1H3,(H,24,27)(H,25,26). The molecular weight excluding hydrogens is 384 g/mol. The van der Waals surface area contributed by atoms with Crippen molar-refractivity contribution >= 4 is 29.3 Å². The molecule has 0 unspecified atom stereocenters. The molecule has 5 nitrogen and oxygen atoms in total. The molecule has 3 rings (SSSR count). The molecule has 0 saturated heterocycles. The van der Waals surface area contributed by atoms with Gasteiger partial charge < -0.3 is 15.4 Å². The Morgan fingerprint density at radius 2 is 1.55 bits per heavy atom. The number of anilines is 1. The predicted octanol–water partition coefficient (Wildman–Crippen LogP) is 4.47. The van der Waals surface area contributed by atoms with Crippen LogP contribution in [-0.2, 0) is 0 Å². The Balaban J connectivity index is 1.58. The van der Waals surface area contributed by atoms with Gasteiger partial charge in [-0.05, 0) is 48.5 Å². The van der Waals surface area contributed by atoms with Gasteiger partial charge in [-0.3, -0.25) is 9.59 Å². The fraction of sp³-hybridized carbons (Fsp3) is 0.130. The number of methoxy groups -OCH3 is 1. The maximum Gasteiger partial charge on any atom is 0.255 e. The largest absolute Gasteiger partial charge is 0.497 e. The molecule has 0 aromatic heterocycles. The minimum atomic E-state index is -0.285. The molecule has 0 radical (unpaired) electrons. The van der Waals surface area contributed by atoms with Crippen LogP contribution in [-0.4, -0.2) is 31.2 Å². The Morgan fingerprint density at radius 1 is 0.862 bits per heavy atom. The molecule has 0 spiro atoms. The molecule has 0 atom stereocenters. The molecule has 2 amide bonds. The average molecular weight is 407 g/mol. The normalized spacial score (nSPS) is 10.2. The number of thioether (sulfide) groups is 1. The first-order valence-corrected chi connectivity index (χ1v) is 10.2. The summed E-state index contributed by atoms with van der Waals surface area (Å²) in [6.45, 7) is 0.527. The van der Waals surface area contributed by atoms with Gasteiger partial charge in [0, 0.05) is 22.8 Å². The van der Waals surface area contributed by atoms with Gasteiger partial charge in [-0.25, -0.2) is 0 Å². The van der Waals surface area contributed by atoms with E-state index < -0.39 is 0 Å². The maximum atomic E-state index is 12.6. The van der Waals surface area contributed by atoms with Gasteiger partial charge in [-0.15, -0.1) is 11.8 Å². The van der Waals surface area contributed by atoms with Crippen molar-refractivity contribution in [2.24, 2.45) is 0 Å². The number of para-hydroxylation sites is 1. The summed E-state index contributed by atoms with van der Waals surface area (Å²) in [5.74, 6) is 0.933. The number of hydrogen-bond acceptors (Lipinski definition) is 4. The van der Waals surface area contributed by atoms with Gasteiger partial charge in [0.1, 0.15) is 5.75 Å². The van der Waals surface area contributed by atoms with Crippen molar-refractivity contribution in [3.8, 4) is 5.75 Å². The van der Waals surface area contributed by atoms with Crippen LogP contribution in [0.2, 0.25) is 0 Å². The second-order valence-corrected chi connectivity index (χ2v) is 7.31. The summed E-state index contributed by atoms with van der Waals surface area (Å²) in [4.78, 5) is 26.3. The van der Waals surface area contributed by atoms with Crippen molar-refractivity contribution in [2.75, 3.05) is 24.7 Å². The Labute approximate surface area is 174 Å². The van der Waals surface area contributed by atoms with E-state index in [4.69, 9.17) is 4.74 Å². The fourth-order valence-electron chi connectivity index (χ4n) is 2.67. The quantitative estimate of drug-likeness (QED) is 0.428. The molecule has 6 heteroatoms. The molecule has 0 aliphatic heterocycles. The lowest BCUT2D eigenvalue weighted by atomic mass is 10.1. The highest BCUT2D eigenvalue weighted by Crippen LogP contribution is 2.19. The molecule has 148 valence electrons. The summed E-state index contributed by atoms with van der Waals surface area (Å²) in [6.07, 6.45) is 0. The van der Waals surface area contributed by atoms with E-state index in [1.807, 2.05) is 30.3 Å². The summed E-state index contributed by atoms with van der Waals surface area (Å²) in [6, 6.07) is 23.8. The van der Waals surface area contributed by atoms with Gasteiger partial charge in [0.25, 0.3) is 11.8 Å². The first-order valence-electron chi connectivity index (χ1n) is 9.18. The van der Waals surface area contributed by atoms with Crippen molar-refractivity contribution < 1.29 is 14.3 Å². The van der Waals surface area contributed by atoms with E-state index in [1.165, 1.54) is 0 Å². The molecule has 3 aromatic carbocycles. The first kappa shape index (κ1) is 20.5. The summed E-state index contributed by atoms with van der Waals surface area (Å²) in [5, 5.41) is 5.73. The fourth-order valence-corrected chi connectivity index (χ4v) is 3.46. The number of carbonyl (C=O) groups excluding carboxylic acids is 2. The zero-order valence-electron chi connectivity index (χ0n) is 16.1. The van der Waals surface area contributed by atoms with E-state index in [0.29, 0.717) is 29.1 Å². The van der Waals surface area contributed by atoms with Crippen LogP contribution in [0, 0.1) is 0 Å². The number of nitrogens with one attached hydrogen (secondary N) is 2. The number of benzene rings is 3. The van der Waals surface area contributed by atoms with Crippen LogP contribution in [0.1, 0.15) is 20.7 Å². The molecule has 0 saturated carbocycles. The Kier molecular flexibility index (Phi) is 7.30. The van der Waals surface area contributed by atoms with Crippen LogP contribution in [0.5, 0.6) is 5.75 Å². The predicted molar refractivity (Wildman–Crippen MR) is 117 cm³/mol. The zero-order chi connectivity index (χ0) is 20.5. The van der Waals surface area contributed by atoms with Crippen LogP contribution in [0.15, 0.2) is 83.8 Å². The van der Waals surface area contributed by atoms with Gasteiger partial charge in [0.15, 0.2) is 0 Å². The maximum absolute atomic E-state index is 12.6. The van der Waals surface area contributed by atoms with Gasteiger partial charge >= 0.3 is 0 Å². The SMILES string of the molecule is COc1ccc(C(=O)Nc2ccccc2C(=O)NCCSc2ccccc2)cc1. The van der Waals surface area contributed by atoms with E-state index in [0.717, 1.165) is 10.6 Å². The molecule has 2 N–H and O–H groups in total. The summed E-state index contributed by atoms with van der Waals surface area (Å²) >= 11 is 1.68. The van der Waals surface area contributed by atoms with E-state index in [-0.39, 0.29) is 11.8 Å². The topological polar surface area (TPSA) is 67.4 Å². The van der Waals surface area contributed by atoms with Crippen molar-refractivity contribution in [3.63, 3.8) is 0 Å². The van der Waals surface area contributed by atoms with Gasteiger partial charge in [0.2, 0.25) is 0 Å². The molecule has 0 bridgehead atoms. The van der Waals surface area contributed by atoms with Gasteiger partial charge in [-0.1, -0.05) is 30.3 Å². The number of ether oxygens (including phenoxy) is 1. The third-order valence-electron chi connectivity index (χ3n) is 4.17. The highest BCUT2D eigenvalue weighted by Gasteiger charge is 2.14. The van der Waals surface area contributed by atoms with Crippen LogP contribution >= 0.6 is 11.8 Å². The molecule has 0 heterocycles. The molecule has 0 fully saturated rings. The highest BCUT2D eigenvalue weighted by molar-refractivity contribution is 7.99. The zero-order valence-corrected chi connectivity index (χ0v) is 16.9. The minimum absolute atomic E-state index is 0.218. The highest BCUT2D eigenvalue weighted by atomic mass is 32.2. The lowest BCUT2D eigenvalue weighted by Crippen LogP contribution is -2.27. The van der Waals surface area contributed by atoms with Gasteiger partial charge in [-0.2, -0.15) is 0 Å². The third kappa shape index (κ3) is 5.86. The van der Waals surface area contributed by atoms with Crippen LogP contribution < -0.4 is 15.4 Å². The third-order valence-corrected chi connectivity index (χ3v) is 5.19. The number of carbonyl (C=O) groups is 2. The molecule has 3 aromatic rings. The Morgan fingerprint density at radius 3 is 2.28 bits per heavy atom. The van der Waals surface area contributed by atoms with Crippen molar-refractivity contribution in [1.29, 1.82) is 0 Å². The van der Waals surface area contributed by atoms with Crippen molar-refractivity contribution in [1.82, 2.24) is 5.32 Å². The summed E-state index contributed by atoms with van der Waals surface area (Å²) in [7, 11) is 1.57. The first-order chi connectivity index (χ1) is 14.2. The number of amides is 2. The Bertz CT molecular complexity index is 959. The van der Waals surface area contributed by atoms with Crippen molar-refractivity contribution in [3.05, 3.63) is 90.0 Å². The second-order valence-electron chi connectivity index (χ2n) is 6.15. The van der Waals surface area contributed by atoms with E-state index in [1.54, 1.807) is 67.4 Å². The van der Waals surface area contributed by atoms with Crippen LogP contribution in [0.4, 0.5) is 5.69 Å². The van der Waals surface area contributed by atoms with E-state index >= 15 is 0 Å². The Hall–Kier alpha value is -3.25. The lowest BCUT2D eigenvalue weighted by Gasteiger charge is -2.12. The van der Waals surface area contributed by atoms with Crippen molar-refractivity contribution in [2.45, 2.75) is 4.90 Å². The summed E-state index contributed by atoms with van der Waals surface area (Å²) < 4.78 is 5.11. The second kappa shape index (κ2) is 10.3. The monoisotopic (exact) mass is 406 g/mol. The van der Waals surface area contributed by atoms with E-state index in [9.17, 15) is 9.59 Å². The van der Waals surface area contributed by atoms with Gasteiger partial charge in [0.05, 0.1) is 18.4 Å². The summed E-state index contributed by atoms with van der Waals surface area (Å²) in [5.41, 5.74) is 1.39. The molecule has 0 aliphatic carbocycles.